The summed E-state index contributed by atoms with van der Waals surface area (Å²) < 4.78 is 76.4. The fourth-order valence-electron chi connectivity index (χ4n) is 2.92. The molecule has 30 heavy (non-hydrogen) atoms. The van der Waals surface area contributed by atoms with Crippen LogP contribution in [0, 0.1) is 11.6 Å². The number of halogens is 5. The van der Waals surface area contributed by atoms with Crippen LogP contribution < -0.4 is 4.90 Å². The Labute approximate surface area is 166 Å². The number of alkyl halides is 3. The molecule has 3 rings (SSSR count). The van der Waals surface area contributed by atoms with Gasteiger partial charge in [0.15, 0.2) is 11.6 Å². The van der Waals surface area contributed by atoms with Crippen LogP contribution in [-0.4, -0.2) is 33.7 Å². The topological polar surface area (TPSA) is 85.5 Å². The van der Waals surface area contributed by atoms with Gasteiger partial charge in [0, 0.05) is 6.42 Å². The summed E-state index contributed by atoms with van der Waals surface area (Å²) in [6.45, 7) is 4.84. The van der Waals surface area contributed by atoms with Crippen molar-refractivity contribution in [2.24, 2.45) is 0 Å². The Morgan fingerprint density at radius 1 is 1.20 bits per heavy atom. The lowest BCUT2D eigenvalue weighted by Gasteiger charge is -2.28. The lowest BCUT2D eigenvalue weighted by atomic mass is 10.1. The molecule has 7 nitrogen and oxygen atoms in total. The summed E-state index contributed by atoms with van der Waals surface area (Å²) >= 11 is 0. The summed E-state index contributed by atoms with van der Waals surface area (Å²) in [5.41, 5.74) is -2.11. The van der Waals surface area contributed by atoms with E-state index in [0.717, 1.165) is 17.0 Å². The Kier molecular flexibility index (Phi) is 5.29. The number of hydrogen-bond donors (Lipinski definition) is 0. The lowest BCUT2D eigenvalue weighted by molar-refractivity contribution is -0.159. The first-order chi connectivity index (χ1) is 13.8. The Morgan fingerprint density at radius 2 is 1.87 bits per heavy atom. The summed E-state index contributed by atoms with van der Waals surface area (Å²) in [4.78, 5) is 28.5. The molecule has 0 bridgehead atoms. The molecule has 0 spiro atoms. The second kappa shape index (κ2) is 7.33. The molecular weight excluding hydrogens is 417 g/mol. The minimum Gasteiger partial charge on any atom is -0.458 e. The highest BCUT2D eigenvalue weighted by Crippen LogP contribution is 2.35. The average Bonchev–Trinajstić information content (AvgIpc) is 3.23. The standard InChI is InChI=1S/C18H16F5N3O4/c1-17(2,3)29-15(28)10-6-7-11(27)26(10)9-5-4-8(12(19)13(9)20)14-24-16(30-25-14)18(21,22)23/h4-5,10H,6-7H2,1-3H3/t10-/m0/s1. The molecule has 12 heteroatoms. The van der Waals surface area contributed by atoms with Crippen molar-refractivity contribution in [2.75, 3.05) is 4.90 Å². The lowest BCUT2D eigenvalue weighted by Crippen LogP contribution is -2.42. The second-order valence-corrected chi connectivity index (χ2v) is 7.53. The molecule has 2 heterocycles. The van der Waals surface area contributed by atoms with E-state index in [0.29, 0.717) is 0 Å². The fourth-order valence-corrected chi connectivity index (χ4v) is 2.92. The van der Waals surface area contributed by atoms with Crippen molar-refractivity contribution < 1.29 is 40.8 Å². The van der Waals surface area contributed by atoms with Crippen molar-refractivity contribution in [1.29, 1.82) is 0 Å². The highest BCUT2D eigenvalue weighted by atomic mass is 19.4. The minimum absolute atomic E-state index is 0.0380. The van der Waals surface area contributed by atoms with E-state index in [1.54, 1.807) is 20.8 Å². The molecule has 1 saturated heterocycles. The molecule has 0 unspecified atom stereocenters. The first-order valence-corrected chi connectivity index (χ1v) is 8.74. The number of aromatic nitrogens is 2. The van der Waals surface area contributed by atoms with Crippen LogP contribution in [0.15, 0.2) is 16.7 Å². The Hall–Kier alpha value is -3.05. The number of carbonyl (C=O) groups is 2. The summed E-state index contributed by atoms with van der Waals surface area (Å²) in [5.74, 6) is -7.09. The molecule has 2 aromatic rings. The van der Waals surface area contributed by atoms with Crippen LogP contribution in [0.4, 0.5) is 27.6 Å². The Morgan fingerprint density at radius 3 is 2.43 bits per heavy atom. The van der Waals surface area contributed by atoms with Gasteiger partial charge in [0.2, 0.25) is 11.7 Å². The number of amides is 1. The molecule has 0 radical (unpaired) electrons. The molecule has 0 saturated carbocycles. The first-order valence-electron chi connectivity index (χ1n) is 8.74. The largest absolute Gasteiger partial charge is 0.471 e. The summed E-state index contributed by atoms with van der Waals surface area (Å²) in [7, 11) is 0. The monoisotopic (exact) mass is 433 g/mol. The number of esters is 1. The van der Waals surface area contributed by atoms with Gasteiger partial charge >= 0.3 is 18.0 Å². The quantitative estimate of drug-likeness (QED) is 0.540. The molecule has 0 N–H and O–H groups in total. The predicted molar refractivity (Wildman–Crippen MR) is 91.0 cm³/mol. The number of anilines is 1. The zero-order chi connectivity index (χ0) is 22.4. The summed E-state index contributed by atoms with van der Waals surface area (Å²) in [6, 6.07) is 0.688. The Bertz CT molecular complexity index is 997. The van der Waals surface area contributed by atoms with Crippen molar-refractivity contribution in [3.05, 3.63) is 29.7 Å². The van der Waals surface area contributed by atoms with Crippen LogP contribution >= 0.6 is 0 Å². The highest BCUT2D eigenvalue weighted by molar-refractivity contribution is 6.02. The fraction of sp³-hybridized carbons (Fsp3) is 0.444. The van der Waals surface area contributed by atoms with Crippen molar-refractivity contribution in [3.8, 4) is 11.4 Å². The third-order valence-corrected chi connectivity index (χ3v) is 4.12. The van der Waals surface area contributed by atoms with E-state index in [1.165, 1.54) is 0 Å². The van der Waals surface area contributed by atoms with Crippen molar-refractivity contribution in [1.82, 2.24) is 10.1 Å². The van der Waals surface area contributed by atoms with Gasteiger partial charge in [0.05, 0.1) is 11.3 Å². The number of benzene rings is 1. The molecule has 1 aromatic carbocycles. The van der Waals surface area contributed by atoms with E-state index in [1.807, 2.05) is 0 Å². The summed E-state index contributed by atoms with van der Waals surface area (Å²) in [6.07, 6.45) is -5.01. The maximum atomic E-state index is 14.8. The molecule has 1 aliphatic rings. The minimum atomic E-state index is -4.96. The normalized spacial score (nSPS) is 17.5. The van der Waals surface area contributed by atoms with Crippen LogP contribution in [-0.2, 0) is 20.5 Å². The van der Waals surface area contributed by atoms with E-state index >= 15 is 0 Å². The van der Waals surface area contributed by atoms with Gasteiger partial charge in [-0.15, -0.1) is 0 Å². The van der Waals surface area contributed by atoms with E-state index < -0.39 is 64.3 Å². The molecule has 1 aromatic heterocycles. The smallest absolute Gasteiger partial charge is 0.458 e. The molecular formula is C18H16F5N3O4. The first kappa shape index (κ1) is 21.7. The van der Waals surface area contributed by atoms with Gasteiger partial charge in [-0.3, -0.25) is 9.69 Å². The van der Waals surface area contributed by atoms with Crippen molar-refractivity contribution >= 4 is 17.6 Å². The third kappa shape index (κ3) is 4.12. The maximum Gasteiger partial charge on any atom is 0.471 e. The van der Waals surface area contributed by atoms with Crippen LogP contribution in [0.1, 0.15) is 39.5 Å². The number of nitrogens with zero attached hydrogens (tertiary/aromatic N) is 3. The molecule has 1 aliphatic heterocycles. The summed E-state index contributed by atoms with van der Waals surface area (Å²) in [5, 5.41) is 3.01. The zero-order valence-corrected chi connectivity index (χ0v) is 16.0. The highest BCUT2D eigenvalue weighted by Gasteiger charge is 2.42. The molecule has 0 aliphatic carbocycles. The van der Waals surface area contributed by atoms with Crippen LogP contribution in [0.25, 0.3) is 11.4 Å². The van der Waals surface area contributed by atoms with Crippen molar-refractivity contribution in [3.63, 3.8) is 0 Å². The zero-order valence-electron chi connectivity index (χ0n) is 16.0. The van der Waals surface area contributed by atoms with E-state index in [2.05, 4.69) is 14.7 Å². The SMILES string of the molecule is CC(C)(C)OC(=O)[C@@H]1CCC(=O)N1c1ccc(-c2noc(C(F)(F)F)n2)c(F)c1F. The van der Waals surface area contributed by atoms with Crippen molar-refractivity contribution in [2.45, 2.75) is 51.4 Å². The average molecular weight is 433 g/mol. The molecule has 1 atom stereocenters. The van der Waals surface area contributed by atoms with Crippen LogP contribution in [0.2, 0.25) is 0 Å². The van der Waals surface area contributed by atoms with Gasteiger partial charge in [-0.05, 0) is 39.3 Å². The van der Waals surface area contributed by atoms with Crippen LogP contribution in [0.3, 0.4) is 0 Å². The number of ether oxygens (including phenoxy) is 1. The molecule has 1 fully saturated rings. The van der Waals surface area contributed by atoms with E-state index in [-0.39, 0.29) is 12.8 Å². The van der Waals surface area contributed by atoms with Crippen LogP contribution in [0.5, 0.6) is 0 Å². The van der Waals surface area contributed by atoms with Gasteiger partial charge in [0.25, 0.3) is 0 Å². The van der Waals surface area contributed by atoms with Gasteiger partial charge in [-0.25, -0.2) is 13.6 Å². The van der Waals surface area contributed by atoms with Gasteiger partial charge in [-0.1, -0.05) is 5.16 Å². The number of hydrogen-bond acceptors (Lipinski definition) is 6. The maximum absolute atomic E-state index is 14.8. The van der Waals surface area contributed by atoms with Gasteiger partial charge in [-0.2, -0.15) is 18.2 Å². The number of rotatable bonds is 3. The van der Waals surface area contributed by atoms with E-state index in [9.17, 15) is 31.5 Å². The molecule has 162 valence electrons. The van der Waals surface area contributed by atoms with Gasteiger partial charge < -0.3 is 9.26 Å². The Balaban J connectivity index is 1.97. The van der Waals surface area contributed by atoms with Gasteiger partial charge in [0.1, 0.15) is 11.6 Å². The second-order valence-electron chi connectivity index (χ2n) is 7.53. The predicted octanol–water partition coefficient (Wildman–Crippen LogP) is 3.87. The third-order valence-electron chi connectivity index (χ3n) is 4.12. The number of carbonyl (C=O) groups excluding carboxylic acids is 2. The van der Waals surface area contributed by atoms with E-state index in [4.69, 9.17) is 4.74 Å². The molecule has 1 amide bonds.